The highest BCUT2D eigenvalue weighted by Crippen LogP contribution is 2.14. The van der Waals surface area contributed by atoms with E-state index in [0.29, 0.717) is 0 Å². The third-order valence-corrected chi connectivity index (χ3v) is 2.00. The molecule has 0 heterocycles. The fourth-order valence-electron chi connectivity index (χ4n) is 1.11. The van der Waals surface area contributed by atoms with Crippen LogP contribution < -0.4 is 5.73 Å². The van der Waals surface area contributed by atoms with Crippen LogP contribution in [-0.4, -0.2) is 21.7 Å². The lowest BCUT2D eigenvalue weighted by Gasteiger charge is -2.18. The first-order valence-corrected chi connectivity index (χ1v) is 4.22. The Balaban J connectivity index is 0.00000196. The summed E-state index contributed by atoms with van der Waals surface area (Å²) in [5.41, 5.74) is 5.09. The Hall–Kier alpha value is -1.26. The summed E-state index contributed by atoms with van der Waals surface area (Å²) in [6, 6.07) is 6.33. The van der Waals surface area contributed by atoms with Crippen molar-refractivity contribution in [2.75, 3.05) is 0 Å². The number of carbonyl (C=O) groups is 1. The molecule has 0 saturated carbocycles. The van der Waals surface area contributed by atoms with Crippen molar-refractivity contribution in [3.05, 3.63) is 29.8 Å². The molecule has 5 heteroatoms. The number of phenolic OH excluding ortho intramolecular Hbond substituents is 1. The molecule has 0 amide bonds. The molecular weight excluding hydrogens is 218 g/mol. The van der Waals surface area contributed by atoms with E-state index in [4.69, 9.17) is 15.9 Å². The first-order valence-electron chi connectivity index (χ1n) is 4.22. The number of rotatable bonds is 3. The topological polar surface area (TPSA) is 83.5 Å². The molecule has 4 N–H and O–H groups in total. The van der Waals surface area contributed by atoms with E-state index in [-0.39, 0.29) is 24.6 Å². The molecule has 1 aromatic rings. The summed E-state index contributed by atoms with van der Waals surface area (Å²) < 4.78 is 0. The van der Waals surface area contributed by atoms with Gasteiger partial charge >= 0.3 is 5.97 Å². The molecule has 0 aliphatic rings. The minimum Gasteiger partial charge on any atom is -0.508 e. The number of hydrogen-bond donors (Lipinski definition) is 3. The van der Waals surface area contributed by atoms with Crippen LogP contribution in [0.4, 0.5) is 0 Å². The van der Waals surface area contributed by atoms with E-state index in [2.05, 4.69) is 0 Å². The predicted octanol–water partition coefficient (Wildman–Crippen LogP) is 1.16. The first kappa shape index (κ1) is 13.7. The maximum Gasteiger partial charge on any atom is 0.323 e. The molecule has 1 aromatic carbocycles. The van der Waals surface area contributed by atoms with Gasteiger partial charge in [0.25, 0.3) is 0 Å². The second kappa shape index (κ2) is 5.00. The third kappa shape index (κ3) is 3.77. The zero-order valence-corrected chi connectivity index (χ0v) is 9.12. The molecule has 15 heavy (non-hydrogen) atoms. The summed E-state index contributed by atoms with van der Waals surface area (Å²) in [6.07, 6.45) is 0.239. The molecule has 0 saturated heterocycles. The highest BCUT2D eigenvalue weighted by Gasteiger charge is 2.27. The predicted molar refractivity (Wildman–Crippen MR) is 59.3 cm³/mol. The monoisotopic (exact) mass is 231 g/mol. The normalized spacial score (nSPS) is 13.7. The second-order valence-corrected chi connectivity index (χ2v) is 3.57. The van der Waals surface area contributed by atoms with Gasteiger partial charge in [0.15, 0.2) is 0 Å². The maximum atomic E-state index is 10.7. The van der Waals surface area contributed by atoms with E-state index in [9.17, 15) is 4.79 Å². The quantitative estimate of drug-likeness (QED) is 0.729. The van der Waals surface area contributed by atoms with E-state index in [1.165, 1.54) is 19.1 Å². The van der Waals surface area contributed by atoms with Crippen LogP contribution in [0.25, 0.3) is 0 Å². The molecule has 0 bridgehead atoms. The second-order valence-electron chi connectivity index (χ2n) is 3.57. The molecule has 0 aliphatic carbocycles. The van der Waals surface area contributed by atoms with Gasteiger partial charge in [0, 0.05) is 6.42 Å². The lowest BCUT2D eigenvalue weighted by molar-refractivity contribution is -0.142. The first-order chi connectivity index (χ1) is 6.42. The van der Waals surface area contributed by atoms with Crippen molar-refractivity contribution in [3.8, 4) is 5.75 Å². The van der Waals surface area contributed by atoms with Crippen LogP contribution in [0, 0.1) is 0 Å². The number of nitrogens with two attached hydrogens (primary N) is 1. The maximum absolute atomic E-state index is 10.7. The number of halogens is 1. The molecule has 0 aromatic heterocycles. The van der Waals surface area contributed by atoms with E-state index in [0.717, 1.165) is 5.56 Å². The van der Waals surface area contributed by atoms with Crippen molar-refractivity contribution in [3.63, 3.8) is 0 Å². The standard InChI is InChI=1S/C10H13NO3.ClH/c1-10(11,9(13)14)6-7-2-4-8(12)5-3-7;/h2-5,12H,6,11H2,1H3,(H,13,14);1H. The molecule has 0 fully saturated rings. The Kier molecular flexibility index (Phi) is 4.58. The van der Waals surface area contributed by atoms with E-state index in [1.54, 1.807) is 12.1 Å². The summed E-state index contributed by atoms with van der Waals surface area (Å²) in [6.45, 7) is 1.46. The molecule has 84 valence electrons. The van der Waals surface area contributed by atoms with E-state index >= 15 is 0 Å². The van der Waals surface area contributed by atoms with Crippen molar-refractivity contribution >= 4 is 18.4 Å². The van der Waals surface area contributed by atoms with Crippen molar-refractivity contribution in [2.24, 2.45) is 5.73 Å². The summed E-state index contributed by atoms with van der Waals surface area (Å²) in [4.78, 5) is 10.7. The van der Waals surface area contributed by atoms with Crippen LogP contribution in [0.3, 0.4) is 0 Å². The summed E-state index contributed by atoms with van der Waals surface area (Å²) in [5.74, 6) is -0.881. The number of benzene rings is 1. The lowest BCUT2D eigenvalue weighted by Crippen LogP contribution is -2.46. The van der Waals surface area contributed by atoms with Crippen molar-refractivity contribution in [1.82, 2.24) is 0 Å². The number of carboxylic acids is 1. The van der Waals surface area contributed by atoms with Crippen molar-refractivity contribution in [1.29, 1.82) is 0 Å². The average molecular weight is 232 g/mol. The Morgan fingerprint density at radius 3 is 2.27 bits per heavy atom. The number of carboxylic acid groups (broad SMARTS) is 1. The Morgan fingerprint density at radius 2 is 1.87 bits per heavy atom. The fourth-order valence-corrected chi connectivity index (χ4v) is 1.11. The van der Waals surface area contributed by atoms with Crippen LogP contribution >= 0.6 is 12.4 Å². The number of aliphatic carboxylic acids is 1. The summed E-state index contributed by atoms with van der Waals surface area (Å²) in [7, 11) is 0. The van der Waals surface area contributed by atoms with Gasteiger partial charge in [-0.05, 0) is 24.6 Å². The van der Waals surface area contributed by atoms with Gasteiger partial charge in [-0.3, -0.25) is 4.79 Å². The minimum absolute atomic E-state index is 0. The summed E-state index contributed by atoms with van der Waals surface area (Å²) >= 11 is 0. The highest BCUT2D eigenvalue weighted by atomic mass is 35.5. The van der Waals surface area contributed by atoms with Gasteiger partial charge in [-0.25, -0.2) is 0 Å². The van der Waals surface area contributed by atoms with Gasteiger partial charge in [-0.15, -0.1) is 12.4 Å². The van der Waals surface area contributed by atoms with Crippen LogP contribution in [0.2, 0.25) is 0 Å². The van der Waals surface area contributed by atoms with Gasteiger partial charge in [-0.2, -0.15) is 0 Å². The van der Waals surface area contributed by atoms with Crippen LogP contribution in [0.1, 0.15) is 12.5 Å². The van der Waals surface area contributed by atoms with Crippen LogP contribution in [-0.2, 0) is 11.2 Å². The third-order valence-electron chi connectivity index (χ3n) is 2.00. The Bertz CT molecular complexity index is 335. The Morgan fingerprint density at radius 1 is 1.40 bits per heavy atom. The molecule has 1 atom stereocenters. The zero-order chi connectivity index (χ0) is 10.8. The molecule has 1 rings (SSSR count). The van der Waals surface area contributed by atoms with Gasteiger partial charge in [-0.1, -0.05) is 12.1 Å². The molecular formula is C10H14ClNO3. The van der Waals surface area contributed by atoms with E-state index < -0.39 is 11.5 Å². The largest absolute Gasteiger partial charge is 0.508 e. The van der Waals surface area contributed by atoms with Gasteiger partial charge in [0.2, 0.25) is 0 Å². The fraction of sp³-hybridized carbons (Fsp3) is 0.300. The average Bonchev–Trinajstić information content (AvgIpc) is 2.08. The molecule has 4 nitrogen and oxygen atoms in total. The highest BCUT2D eigenvalue weighted by molar-refractivity contribution is 5.85. The Labute approximate surface area is 94.1 Å². The minimum atomic E-state index is -1.27. The van der Waals surface area contributed by atoms with E-state index in [1.807, 2.05) is 0 Å². The molecule has 1 unspecified atom stereocenters. The molecule has 0 spiro atoms. The van der Waals surface area contributed by atoms with Gasteiger partial charge in [0.1, 0.15) is 11.3 Å². The zero-order valence-electron chi connectivity index (χ0n) is 8.30. The number of hydrogen-bond acceptors (Lipinski definition) is 3. The van der Waals surface area contributed by atoms with Crippen molar-refractivity contribution in [2.45, 2.75) is 18.9 Å². The molecule has 0 aliphatic heterocycles. The lowest BCUT2D eigenvalue weighted by atomic mass is 9.94. The smallest absolute Gasteiger partial charge is 0.323 e. The van der Waals surface area contributed by atoms with Crippen LogP contribution in [0.15, 0.2) is 24.3 Å². The molecule has 0 radical (unpaired) electrons. The van der Waals surface area contributed by atoms with Gasteiger partial charge in [0.05, 0.1) is 0 Å². The number of aromatic hydroxyl groups is 1. The van der Waals surface area contributed by atoms with Crippen molar-refractivity contribution < 1.29 is 15.0 Å². The number of phenols is 1. The van der Waals surface area contributed by atoms with Gasteiger partial charge < -0.3 is 15.9 Å². The SMILES string of the molecule is CC(N)(Cc1ccc(O)cc1)C(=O)O.Cl. The summed E-state index contributed by atoms with van der Waals surface area (Å²) in [5, 5.41) is 17.8. The van der Waals surface area contributed by atoms with Crippen LogP contribution in [0.5, 0.6) is 5.75 Å².